The summed E-state index contributed by atoms with van der Waals surface area (Å²) in [6.07, 6.45) is 11.8. The average molecular weight is 276 g/mol. The van der Waals surface area contributed by atoms with Gasteiger partial charge in [0, 0.05) is 5.57 Å². The van der Waals surface area contributed by atoms with E-state index in [4.69, 9.17) is 5.11 Å². The summed E-state index contributed by atoms with van der Waals surface area (Å²) in [5.74, 6) is -1.32. The highest BCUT2D eigenvalue weighted by Crippen LogP contribution is 2.06. The van der Waals surface area contributed by atoms with Gasteiger partial charge < -0.3 is 9.84 Å². The Labute approximate surface area is 119 Å². The number of methoxy groups -OCH3 is 1. The Hall–Kier alpha value is -2.36. The number of carbonyl (C=O) groups excluding carboxylic acids is 1. The van der Waals surface area contributed by atoms with Crippen molar-refractivity contribution in [2.24, 2.45) is 0 Å². The van der Waals surface area contributed by atoms with Gasteiger partial charge >= 0.3 is 11.9 Å². The van der Waals surface area contributed by atoms with Crippen LogP contribution in [-0.2, 0) is 14.3 Å². The largest absolute Gasteiger partial charge is 0.478 e. The summed E-state index contributed by atoms with van der Waals surface area (Å²) in [6, 6.07) is 0. The van der Waals surface area contributed by atoms with Crippen molar-refractivity contribution in [1.29, 1.82) is 0 Å². The maximum Gasteiger partial charge on any atom is 0.337 e. The minimum atomic E-state index is -0.939. The molecule has 0 unspecified atom stereocenters. The Morgan fingerprint density at radius 3 is 2.25 bits per heavy atom. The van der Waals surface area contributed by atoms with Gasteiger partial charge in [0.05, 0.1) is 12.7 Å². The van der Waals surface area contributed by atoms with Crippen LogP contribution in [0.15, 0.2) is 59.3 Å². The molecular weight excluding hydrogens is 256 g/mol. The van der Waals surface area contributed by atoms with Gasteiger partial charge in [-0.3, -0.25) is 0 Å². The summed E-state index contributed by atoms with van der Waals surface area (Å²) >= 11 is 0. The quantitative estimate of drug-likeness (QED) is 0.459. The third-order valence-electron chi connectivity index (χ3n) is 2.38. The lowest BCUT2D eigenvalue weighted by Gasteiger charge is -1.99. The molecule has 0 aromatic heterocycles. The van der Waals surface area contributed by atoms with E-state index in [2.05, 4.69) is 4.74 Å². The molecule has 0 aliphatic rings. The second kappa shape index (κ2) is 9.55. The Morgan fingerprint density at radius 1 is 1.10 bits per heavy atom. The van der Waals surface area contributed by atoms with Gasteiger partial charge in [-0.05, 0) is 26.8 Å². The van der Waals surface area contributed by atoms with Crippen molar-refractivity contribution < 1.29 is 19.4 Å². The fraction of sp³-hybridized carbons (Fsp3) is 0.250. The zero-order valence-corrected chi connectivity index (χ0v) is 12.2. The predicted molar refractivity (Wildman–Crippen MR) is 79.2 cm³/mol. The molecule has 0 radical (unpaired) electrons. The van der Waals surface area contributed by atoms with E-state index in [1.54, 1.807) is 37.3 Å². The van der Waals surface area contributed by atoms with Crippen LogP contribution in [0.5, 0.6) is 0 Å². The molecular formula is C16H20O4. The minimum absolute atomic E-state index is 0.267. The first-order valence-corrected chi connectivity index (χ1v) is 6.10. The third-order valence-corrected chi connectivity index (χ3v) is 2.38. The lowest BCUT2D eigenvalue weighted by Crippen LogP contribution is -2.02. The van der Waals surface area contributed by atoms with Crippen molar-refractivity contribution in [2.75, 3.05) is 7.11 Å². The number of esters is 1. The summed E-state index contributed by atoms with van der Waals surface area (Å²) in [5.41, 5.74) is 1.64. The highest BCUT2D eigenvalue weighted by atomic mass is 16.5. The lowest BCUT2D eigenvalue weighted by atomic mass is 10.1. The molecule has 0 bridgehead atoms. The summed E-state index contributed by atoms with van der Waals surface area (Å²) in [5, 5.41) is 8.65. The first-order chi connectivity index (χ1) is 9.42. The van der Waals surface area contributed by atoms with Crippen LogP contribution in [0.4, 0.5) is 0 Å². The fourth-order valence-corrected chi connectivity index (χ4v) is 1.21. The molecule has 0 spiro atoms. The van der Waals surface area contributed by atoms with Gasteiger partial charge in [0.15, 0.2) is 0 Å². The molecule has 0 saturated carbocycles. The maximum absolute atomic E-state index is 11.4. The molecule has 0 aliphatic carbocycles. The molecule has 4 nitrogen and oxygen atoms in total. The maximum atomic E-state index is 11.4. The highest BCUT2D eigenvalue weighted by Gasteiger charge is 2.04. The normalized spacial score (nSPS) is 14.1. The molecule has 0 aromatic rings. The van der Waals surface area contributed by atoms with Crippen LogP contribution in [0.2, 0.25) is 0 Å². The zero-order chi connectivity index (χ0) is 15.5. The number of carbonyl (C=O) groups is 2. The molecule has 0 heterocycles. The topological polar surface area (TPSA) is 63.6 Å². The first-order valence-electron chi connectivity index (χ1n) is 6.10. The third kappa shape index (κ3) is 7.16. The number of aliphatic carboxylic acids is 1. The Balaban J connectivity index is 4.68. The number of hydrogen-bond donors (Lipinski definition) is 1. The van der Waals surface area contributed by atoms with Crippen LogP contribution < -0.4 is 0 Å². The molecule has 1 N–H and O–H groups in total. The van der Waals surface area contributed by atoms with Crippen molar-refractivity contribution in [3.8, 4) is 0 Å². The van der Waals surface area contributed by atoms with E-state index in [-0.39, 0.29) is 11.5 Å². The molecule has 0 amide bonds. The number of allylic oxidation sites excluding steroid dienone is 7. The molecule has 108 valence electrons. The van der Waals surface area contributed by atoms with Crippen LogP contribution in [0.25, 0.3) is 0 Å². The second-order valence-electron chi connectivity index (χ2n) is 4.02. The first kappa shape index (κ1) is 17.6. The SMILES string of the molecule is C/C=C(\C=C(C)C=CC=CC=C(C)C(=O)O)C(=O)OC. The van der Waals surface area contributed by atoms with Crippen LogP contribution in [0, 0.1) is 0 Å². The van der Waals surface area contributed by atoms with Crippen molar-refractivity contribution in [3.05, 3.63) is 59.3 Å². The van der Waals surface area contributed by atoms with Crippen LogP contribution in [0.3, 0.4) is 0 Å². The van der Waals surface area contributed by atoms with Gasteiger partial charge in [-0.15, -0.1) is 0 Å². The Morgan fingerprint density at radius 2 is 1.75 bits per heavy atom. The number of rotatable bonds is 6. The van der Waals surface area contributed by atoms with Gasteiger partial charge in [0.25, 0.3) is 0 Å². The number of hydrogen-bond acceptors (Lipinski definition) is 3. The average Bonchev–Trinajstić information content (AvgIpc) is 2.43. The minimum Gasteiger partial charge on any atom is -0.478 e. The van der Waals surface area contributed by atoms with Crippen LogP contribution in [0.1, 0.15) is 20.8 Å². The fourth-order valence-electron chi connectivity index (χ4n) is 1.21. The zero-order valence-electron chi connectivity index (χ0n) is 12.2. The van der Waals surface area contributed by atoms with Crippen molar-refractivity contribution in [1.82, 2.24) is 0 Å². The van der Waals surface area contributed by atoms with E-state index in [9.17, 15) is 9.59 Å². The number of ether oxygens (including phenoxy) is 1. The second-order valence-corrected chi connectivity index (χ2v) is 4.02. The van der Waals surface area contributed by atoms with E-state index >= 15 is 0 Å². The number of carboxylic acids is 1. The van der Waals surface area contributed by atoms with Crippen molar-refractivity contribution in [3.63, 3.8) is 0 Å². The van der Waals surface area contributed by atoms with Gasteiger partial charge in [-0.2, -0.15) is 0 Å². The van der Waals surface area contributed by atoms with E-state index in [0.717, 1.165) is 5.57 Å². The van der Waals surface area contributed by atoms with Crippen molar-refractivity contribution >= 4 is 11.9 Å². The van der Waals surface area contributed by atoms with Crippen LogP contribution in [-0.4, -0.2) is 24.2 Å². The van der Waals surface area contributed by atoms with Crippen LogP contribution >= 0.6 is 0 Å². The highest BCUT2D eigenvalue weighted by molar-refractivity contribution is 5.91. The standard InChI is InChI=1S/C16H20O4/c1-5-14(16(19)20-4)11-12(2)9-7-6-8-10-13(3)15(17)18/h5-11H,1-4H3,(H,17,18)/b8-6?,9-7?,12-11?,13-10?,14-5+. The number of carboxylic acid groups (broad SMARTS) is 1. The summed E-state index contributed by atoms with van der Waals surface area (Å²) in [4.78, 5) is 21.9. The van der Waals surface area contributed by atoms with Gasteiger partial charge in [0.1, 0.15) is 0 Å². The van der Waals surface area contributed by atoms with Gasteiger partial charge in [-0.1, -0.05) is 42.0 Å². The monoisotopic (exact) mass is 276 g/mol. The molecule has 0 fully saturated rings. The van der Waals surface area contributed by atoms with E-state index in [1.807, 2.05) is 13.0 Å². The lowest BCUT2D eigenvalue weighted by molar-refractivity contribution is -0.135. The Kier molecular flexibility index (Phi) is 8.43. The molecule has 20 heavy (non-hydrogen) atoms. The van der Waals surface area contributed by atoms with E-state index in [1.165, 1.54) is 20.1 Å². The smallest absolute Gasteiger partial charge is 0.337 e. The van der Waals surface area contributed by atoms with Crippen molar-refractivity contribution in [2.45, 2.75) is 20.8 Å². The molecule has 4 heteroatoms. The van der Waals surface area contributed by atoms with E-state index in [0.29, 0.717) is 5.57 Å². The van der Waals surface area contributed by atoms with Gasteiger partial charge in [0.2, 0.25) is 0 Å². The van der Waals surface area contributed by atoms with E-state index < -0.39 is 5.97 Å². The molecule has 0 aliphatic heterocycles. The summed E-state index contributed by atoms with van der Waals surface area (Å²) in [6.45, 7) is 5.14. The molecule has 0 atom stereocenters. The predicted octanol–water partition coefficient (Wildman–Crippen LogP) is 3.20. The summed E-state index contributed by atoms with van der Waals surface area (Å²) < 4.78 is 4.64. The van der Waals surface area contributed by atoms with Gasteiger partial charge in [-0.25, -0.2) is 9.59 Å². The summed E-state index contributed by atoms with van der Waals surface area (Å²) in [7, 11) is 1.34. The Bertz CT molecular complexity index is 503. The molecule has 0 aromatic carbocycles. The molecule has 0 rings (SSSR count). The molecule has 0 saturated heterocycles.